The van der Waals surface area contributed by atoms with Crippen LogP contribution in [0.1, 0.15) is 24.2 Å². The van der Waals surface area contributed by atoms with Crippen LogP contribution in [-0.4, -0.2) is 22.9 Å². The minimum atomic E-state index is -0.650. The number of benzene rings is 1. The SMILES string of the molecule is CNC(C)(C)C(=O)c1ccc2c(c1)oc(=O)n2C. The highest BCUT2D eigenvalue weighted by Crippen LogP contribution is 2.18. The average Bonchev–Trinajstić information content (AvgIpc) is 2.63. The van der Waals surface area contributed by atoms with Crippen LogP contribution >= 0.6 is 0 Å². The summed E-state index contributed by atoms with van der Waals surface area (Å²) in [5.74, 6) is -0.471. The van der Waals surface area contributed by atoms with Gasteiger partial charge in [-0.3, -0.25) is 9.36 Å². The Morgan fingerprint density at radius 1 is 1.39 bits per heavy atom. The van der Waals surface area contributed by atoms with Crippen molar-refractivity contribution in [1.29, 1.82) is 0 Å². The van der Waals surface area contributed by atoms with Crippen molar-refractivity contribution in [2.45, 2.75) is 19.4 Å². The molecule has 0 aliphatic rings. The van der Waals surface area contributed by atoms with Crippen LogP contribution in [0, 0.1) is 0 Å². The average molecular weight is 248 g/mol. The number of rotatable bonds is 3. The van der Waals surface area contributed by atoms with Gasteiger partial charge in [-0.2, -0.15) is 0 Å². The summed E-state index contributed by atoms with van der Waals surface area (Å²) in [6, 6.07) is 5.04. The molecule has 0 fully saturated rings. The first-order valence-electron chi connectivity index (χ1n) is 5.70. The van der Waals surface area contributed by atoms with E-state index in [0.717, 1.165) is 0 Å². The Morgan fingerprint density at radius 2 is 2.06 bits per heavy atom. The normalized spacial score (nSPS) is 12.0. The number of ketones is 1. The van der Waals surface area contributed by atoms with Gasteiger partial charge in [0.1, 0.15) is 0 Å². The van der Waals surface area contributed by atoms with Gasteiger partial charge in [-0.05, 0) is 39.1 Å². The second-order valence-corrected chi connectivity index (χ2v) is 4.81. The monoisotopic (exact) mass is 248 g/mol. The molecule has 96 valence electrons. The van der Waals surface area contributed by atoms with Crippen molar-refractivity contribution in [3.05, 3.63) is 34.3 Å². The smallest absolute Gasteiger partial charge is 0.408 e. The van der Waals surface area contributed by atoms with E-state index < -0.39 is 11.3 Å². The van der Waals surface area contributed by atoms with E-state index in [2.05, 4.69) is 5.32 Å². The van der Waals surface area contributed by atoms with Crippen LogP contribution in [0.5, 0.6) is 0 Å². The summed E-state index contributed by atoms with van der Waals surface area (Å²) >= 11 is 0. The minimum Gasteiger partial charge on any atom is -0.408 e. The number of aromatic nitrogens is 1. The Hall–Kier alpha value is -1.88. The molecule has 0 aliphatic heterocycles. The number of Topliss-reactive ketones (excluding diaryl/α,β-unsaturated/α-hetero) is 1. The third-order valence-corrected chi connectivity index (χ3v) is 3.25. The summed E-state index contributed by atoms with van der Waals surface area (Å²) in [4.78, 5) is 23.6. The summed E-state index contributed by atoms with van der Waals surface area (Å²) in [6.45, 7) is 3.61. The summed E-state index contributed by atoms with van der Waals surface area (Å²) in [5.41, 5.74) is 0.984. The first-order valence-corrected chi connectivity index (χ1v) is 5.70. The lowest BCUT2D eigenvalue weighted by atomic mass is 9.93. The van der Waals surface area contributed by atoms with Crippen LogP contribution in [0.3, 0.4) is 0 Å². The molecule has 1 aromatic heterocycles. The fourth-order valence-electron chi connectivity index (χ4n) is 1.75. The largest absolute Gasteiger partial charge is 0.419 e. The molecule has 0 amide bonds. The Kier molecular flexibility index (Phi) is 2.86. The molecule has 0 unspecified atom stereocenters. The number of nitrogens with one attached hydrogen (secondary N) is 1. The number of hydrogen-bond donors (Lipinski definition) is 1. The van der Waals surface area contributed by atoms with Crippen molar-refractivity contribution in [3.63, 3.8) is 0 Å². The lowest BCUT2D eigenvalue weighted by Gasteiger charge is -2.22. The molecule has 0 spiro atoms. The van der Waals surface area contributed by atoms with Crippen molar-refractivity contribution >= 4 is 16.9 Å². The van der Waals surface area contributed by atoms with Crippen LogP contribution in [-0.2, 0) is 7.05 Å². The molecule has 1 aromatic carbocycles. The summed E-state index contributed by atoms with van der Waals surface area (Å²) < 4.78 is 6.48. The Balaban J connectivity index is 2.55. The van der Waals surface area contributed by atoms with E-state index in [1.165, 1.54) is 4.57 Å². The first kappa shape index (κ1) is 12.6. The number of carbonyl (C=O) groups is 1. The molecular formula is C13H16N2O3. The molecule has 0 saturated heterocycles. The second-order valence-electron chi connectivity index (χ2n) is 4.81. The van der Waals surface area contributed by atoms with Gasteiger partial charge in [0.25, 0.3) is 0 Å². The highest BCUT2D eigenvalue weighted by atomic mass is 16.4. The number of carbonyl (C=O) groups excluding carboxylic acids is 1. The zero-order chi connectivity index (χ0) is 13.5. The molecule has 0 aliphatic carbocycles. The van der Waals surface area contributed by atoms with E-state index >= 15 is 0 Å². The molecule has 5 nitrogen and oxygen atoms in total. The van der Waals surface area contributed by atoms with E-state index in [1.807, 2.05) is 0 Å². The molecule has 1 heterocycles. The van der Waals surface area contributed by atoms with Crippen LogP contribution in [0.2, 0.25) is 0 Å². The van der Waals surface area contributed by atoms with E-state index in [4.69, 9.17) is 4.42 Å². The lowest BCUT2D eigenvalue weighted by molar-refractivity contribution is 0.0889. The molecule has 0 saturated carbocycles. The summed E-state index contributed by atoms with van der Waals surface area (Å²) in [7, 11) is 3.37. The highest BCUT2D eigenvalue weighted by molar-refractivity contribution is 6.04. The molecule has 0 bridgehead atoms. The highest BCUT2D eigenvalue weighted by Gasteiger charge is 2.26. The maximum absolute atomic E-state index is 12.2. The fourth-order valence-corrected chi connectivity index (χ4v) is 1.75. The van der Waals surface area contributed by atoms with Gasteiger partial charge >= 0.3 is 5.76 Å². The number of nitrogens with zero attached hydrogens (tertiary/aromatic N) is 1. The van der Waals surface area contributed by atoms with Gasteiger partial charge in [-0.25, -0.2) is 4.79 Å². The number of oxazole rings is 1. The predicted molar refractivity (Wildman–Crippen MR) is 68.9 cm³/mol. The van der Waals surface area contributed by atoms with Gasteiger partial charge in [0.15, 0.2) is 11.4 Å². The zero-order valence-corrected chi connectivity index (χ0v) is 10.9. The third kappa shape index (κ3) is 1.86. The van der Waals surface area contributed by atoms with E-state index in [9.17, 15) is 9.59 Å². The van der Waals surface area contributed by atoms with E-state index in [-0.39, 0.29) is 5.78 Å². The van der Waals surface area contributed by atoms with Gasteiger partial charge in [-0.1, -0.05) is 0 Å². The quantitative estimate of drug-likeness (QED) is 0.832. The van der Waals surface area contributed by atoms with Crippen molar-refractivity contribution in [2.75, 3.05) is 7.05 Å². The lowest BCUT2D eigenvalue weighted by Crippen LogP contribution is -2.44. The number of fused-ring (bicyclic) bond motifs is 1. The van der Waals surface area contributed by atoms with Gasteiger partial charge in [0, 0.05) is 12.6 Å². The standard InChI is InChI=1S/C13H16N2O3/c1-13(2,14-3)11(16)8-5-6-9-10(7-8)18-12(17)15(9)4/h5-7,14H,1-4H3. The van der Waals surface area contributed by atoms with E-state index in [0.29, 0.717) is 16.7 Å². The van der Waals surface area contributed by atoms with Crippen molar-refractivity contribution in [2.24, 2.45) is 7.05 Å². The van der Waals surface area contributed by atoms with Gasteiger partial charge in [-0.15, -0.1) is 0 Å². The molecule has 0 atom stereocenters. The molecular weight excluding hydrogens is 232 g/mol. The topological polar surface area (TPSA) is 64.2 Å². The first-order chi connectivity index (χ1) is 8.36. The number of hydrogen-bond acceptors (Lipinski definition) is 4. The Labute approximate surface area is 104 Å². The van der Waals surface area contributed by atoms with Crippen molar-refractivity contribution in [3.8, 4) is 0 Å². The Morgan fingerprint density at radius 3 is 2.67 bits per heavy atom. The maximum atomic E-state index is 12.2. The maximum Gasteiger partial charge on any atom is 0.419 e. The molecule has 2 rings (SSSR count). The van der Waals surface area contributed by atoms with Crippen LogP contribution in [0.25, 0.3) is 11.1 Å². The molecule has 1 N–H and O–H groups in total. The van der Waals surface area contributed by atoms with Crippen LogP contribution in [0.15, 0.2) is 27.4 Å². The molecule has 5 heteroatoms. The van der Waals surface area contributed by atoms with Gasteiger partial charge in [0.05, 0.1) is 11.1 Å². The van der Waals surface area contributed by atoms with Crippen LogP contribution < -0.4 is 11.1 Å². The summed E-state index contributed by atoms with van der Waals surface area (Å²) in [6.07, 6.45) is 0. The Bertz CT molecular complexity index is 664. The zero-order valence-electron chi connectivity index (χ0n) is 10.9. The predicted octanol–water partition coefficient (Wildman–Crippen LogP) is 1.31. The molecule has 0 radical (unpaired) electrons. The van der Waals surface area contributed by atoms with E-state index in [1.54, 1.807) is 46.1 Å². The van der Waals surface area contributed by atoms with Gasteiger partial charge < -0.3 is 9.73 Å². The molecule has 2 aromatic rings. The number of likely N-dealkylation sites (N-methyl/N-ethyl adjacent to an activating group) is 1. The minimum absolute atomic E-state index is 0.0431. The third-order valence-electron chi connectivity index (χ3n) is 3.25. The fraction of sp³-hybridized carbons (Fsp3) is 0.385. The van der Waals surface area contributed by atoms with Crippen LogP contribution in [0.4, 0.5) is 0 Å². The summed E-state index contributed by atoms with van der Waals surface area (Å²) in [5, 5.41) is 2.96. The van der Waals surface area contributed by atoms with Gasteiger partial charge in [0.2, 0.25) is 0 Å². The molecule has 18 heavy (non-hydrogen) atoms. The van der Waals surface area contributed by atoms with Crippen molar-refractivity contribution in [1.82, 2.24) is 9.88 Å². The number of aryl methyl sites for hydroxylation is 1. The second kappa shape index (κ2) is 4.10. The van der Waals surface area contributed by atoms with Crippen molar-refractivity contribution < 1.29 is 9.21 Å².